The van der Waals surface area contributed by atoms with Crippen molar-refractivity contribution in [3.63, 3.8) is 0 Å². The van der Waals surface area contributed by atoms with E-state index >= 15 is 0 Å². The van der Waals surface area contributed by atoms with Crippen LogP contribution in [-0.4, -0.2) is 4.98 Å². The summed E-state index contributed by atoms with van der Waals surface area (Å²) in [6.07, 6.45) is 2.72. The number of halogens is 2. The van der Waals surface area contributed by atoms with Crippen LogP contribution < -0.4 is 4.57 Å². The maximum atomic E-state index is 6.07. The summed E-state index contributed by atoms with van der Waals surface area (Å²) >= 11 is 12.0. The molecule has 0 atom stereocenters. The van der Waals surface area contributed by atoms with Gasteiger partial charge in [-0.3, -0.25) is 0 Å². The Bertz CT molecular complexity index is 719. The molecule has 2 nitrogen and oxygen atoms in total. The molecule has 0 aliphatic carbocycles. The summed E-state index contributed by atoms with van der Waals surface area (Å²) in [5, 5.41) is 3.58. The predicted octanol–water partition coefficient (Wildman–Crippen LogP) is 4.00. The first-order valence-electron chi connectivity index (χ1n) is 6.13. The van der Waals surface area contributed by atoms with Gasteiger partial charge in [0, 0.05) is 6.42 Å². The van der Waals surface area contributed by atoms with Gasteiger partial charge in [-0.25, -0.2) is 9.55 Å². The molecule has 0 saturated carbocycles. The van der Waals surface area contributed by atoms with Crippen LogP contribution in [0.15, 0.2) is 48.8 Å². The van der Waals surface area contributed by atoms with Gasteiger partial charge in [0.25, 0.3) is 10.3 Å². The minimum Gasteiger partial charge on any atom is -0.233 e. The number of H-pyrrole nitrogens is 1. The summed E-state index contributed by atoms with van der Waals surface area (Å²) in [5.74, 6) is 0. The average Bonchev–Trinajstić information content (AvgIpc) is 2.76. The van der Waals surface area contributed by atoms with Crippen molar-refractivity contribution >= 4 is 34.0 Å². The van der Waals surface area contributed by atoms with Crippen LogP contribution in [0.1, 0.15) is 5.56 Å². The van der Waals surface area contributed by atoms with Crippen LogP contribution in [0.5, 0.6) is 0 Å². The van der Waals surface area contributed by atoms with E-state index in [4.69, 9.17) is 23.2 Å². The fraction of sp³-hybridized carbons (Fsp3) is 0.133. The quantitative estimate of drug-likeness (QED) is 0.704. The fourth-order valence-electron chi connectivity index (χ4n) is 2.18. The number of nitrogens with zero attached hydrogens (tertiary/aromatic N) is 1. The predicted molar refractivity (Wildman–Crippen MR) is 78.7 cm³/mol. The van der Waals surface area contributed by atoms with E-state index in [1.54, 1.807) is 6.33 Å². The number of hydrogen-bond acceptors (Lipinski definition) is 0. The Balaban J connectivity index is 1.80. The monoisotopic (exact) mass is 291 g/mol. The van der Waals surface area contributed by atoms with Crippen LogP contribution in [0.4, 0.5) is 0 Å². The third-order valence-corrected chi connectivity index (χ3v) is 4.03. The standard InChI is InChI=1S/C15H12Cl2N2/c16-14-15(17)19(10-18-14)8-7-11-5-6-12-3-1-2-4-13(12)9-11/h1-6,9-10H,7-8H2/p+1. The number of aromatic amines is 1. The SMILES string of the molecule is Clc1[nH]c[n+](CCc2ccc3ccccc3c2)c1Cl. The minimum absolute atomic E-state index is 0.486. The lowest BCUT2D eigenvalue weighted by molar-refractivity contribution is -0.692. The number of imidazole rings is 1. The van der Waals surface area contributed by atoms with E-state index in [0.29, 0.717) is 10.3 Å². The smallest absolute Gasteiger partial charge is 0.233 e. The zero-order chi connectivity index (χ0) is 13.2. The average molecular weight is 292 g/mol. The van der Waals surface area contributed by atoms with Gasteiger partial charge in [0.05, 0.1) is 6.54 Å². The lowest BCUT2D eigenvalue weighted by Gasteiger charge is -2.02. The molecule has 4 heteroatoms. The number of nitrogens with one attached hydrogen (secondary N) is 1. The second-order valence-electron chi connectivity index (χ2n) is 4.50. The van der Waals surface area contributed by atoms with E-state index in [1.165, 1.54) is 16.3 Å². The van der Waals surface area contributed by atoms with Crippen molar-refractivity contribution in [2.75, 3.05) is 0 Å². The maximum absolute atomic E-state index is 6.07. The van der Waals surface area contributed by atoms with Crippen molar-refractivity contribution < 1.29 is 4.57 Å². The summed E-state index contributed by atoms with van der Waals surface area (Å²) in [6, 6.07) is 14.9. The van der Waals surface area contributed by atoms with Gasteiger partial charge in [0.1, 0.15) is 0 Å². The van der Waals surface area contributed by atoms with Crippen LogP contribution in [-0.2, 0) is 13.0 Å². The molecule has 0 aliphatic rings. The van der Waals surface area contributed by atoms with E-state index in [1.807, 2.05) is 4.57 Å². The van der Waals surface area contributed by atoms with E-state index < -0.39 is 0 Å². The number of fused-ring (bicyclic) bond motifs is 1. The molecule has 0 spiro atoms. The summed E-state index contributed by atoms with van der Waals surface area (Å²) < 4.78 is 1.92. The molecule has 1 N–H and O–H groups in total. The normalized spacial score (nSPS) is 11.1. The zero-order valence-electron chi connectivity index (χ0n) is 10.2. The van der Waals surface area contributed by atoms with Gasteiger partial charge >= 0.3 is 0 Å². The zero-order valence-corrected chi connectivity index (χ0v) is 11.7. The van der Waals surface area contributed by atoms with Crippen molar-refractivity contribution in [2.24, 2.45) is 0 Å². The van der Waals surface area contributed by atoms with Gasteiger partial charge in [-0.1, -0.05) is 42.5 Å². The maximum Gasteiger partial charge on any atom is 0.254 e. The number of hydrogen-bond donors (Lipinski definition) is 1. The van der Waals surface area contributed by atoms with Crippen LogP contribution in [0.2, 0.25) is 10.3 Å². The first-order valence-corrected chi connectivity index (χ1v) is 6.89. The van der Waals surface area contributed by atoms with Crippen molar-refractivity contribution in [1.82, 2.24) is 4.98 Å². The molecule has 1 aromatic heterocycles. The van der Waals surface area contributed by atoms with Gasteiger partial charge in [-0.15, -0.1) is 0 Å². The lowest BCUT2D eigenvalue weighted by Crippen LogP contribution is -2.33. The number of aromatic nitrogens is 2. The molecule has 0 saturated heterocycles. The first kappa shape index (κ1) is 12.5. The first-order chi connectivity index (χ1) is 9.24. The van der Waals surface area contributed by atoms with E-state index in [9.17, 15) is 0 Å². The molecule has 0 fully saturated rings. The molecular formula is C15H13Cl2N2+. The van der Waals surface area contributed by atoms with Gasteiger partial charge in [0.2, 0.25) is 6.33 Å². The Labute approximate surface area is 121 Å². The van der Waals surface area contributed by atoms with Crippen LogP contribution in [0, 0.1) is 0 Å². The van der Waals surface area contributed by atoms with Gasteiger partial charge in [-0.05, 0) is 39.5 Å². The van der Waals surface area contributed by atoms with Crippen LogP contribution >= 0.6 is 23.2 Å². The molecule has 0 radical (unpaired) electrons. The van der Waals surface area contributed by atoms with Crippen molar-refractivity contribution in [3.8, 4) is 0 Å². The Morgan fingerprint density at radius 3 is 2.53 bits per heavy atom. The van der Waals surface area contributed by atoms with Crippen LogP contribution in [0.3, 0.4) is 0 Å². The van der Waals surface area contributed by atoms with E-state index in [0.717, 1.165) is 13.0 Å². The highest BCUT2D eigenvalue weighted by Crippen LogP contribution is 2.17. The highest BCUT2D eigenvalue weighted by molar-refractivity contribution is 6.39. The topological polar surface area (TPSA) is 19.7 Å². The molecule has 96 valence electrons. The largest absolute Gasteiger partial charge is 0.254 e. The van der Waals surface area contributed by atoms with Gasteiger partial charge in [-0.2, -0.15) is 0 Å². The number of benzene rings is 2. The highest BCUT2D eigenvalue weighted by atomic mass is 35.5. The molecule has 0 amide bonds. The van der Waals surface area contributed by atoms with E-state index in [-0.39, 0.29) is 0 Å². The Kier molecular flexibility index (Phi) is 3.45. The molecule has 0 unspecified atom stereocenters. The minimum atomic E-state index is 0.486. The molecule has 0 bridgehead atoms. The lowest BCUT2D eigenvalue weighted by atomic mass is 10.1. The molecule has 3 aromatic rings. The second-order valence-corrected chi connectivity index (χ2v) is 5.24. The molecule has 0 aliphatic heterocycles. The van der Waals surface area contributed by atoms with Crippen molar-refractivity contribution in [3.05, 3.63) is 64.7 Å². The van der Waals surface area contributed by atoms with Gasteiger partial charge < -0.3 is 0 Å². The third-order valence-electron chi connectivity index (χ3n) is 3.24. The Hall–Kier alpha value is -1.51. The second kappa shape index (κ2) is 5.24. The number of rotatable bonds is 3. The molecule has 3 rings (SSSR count). The fourth-order valence-corrected chi connectivity index (χ4v) is 2.53. The summed E-state index contributed by atoms with van der Waals surface area (Å²) in [7, 11) is 0. The Morgan fingerprint density at radius 2 is 1.79 bits per heavy atom. The van der Waals surface area contributed by atoms with E-state index in [2.05, 4.69) is 47.4 Å². The van der Waals surface area contributed by atoms with Crippen molar-refractivity contribution in [1.29, 1.82) is 0 Å². The molecule has 1 heterocycles. The highest BCUT2D eigenvalue weighted by Gasteiger charge is 2.13. The molecular weight excluding hydrogens is 279 g/mol. The van der Waals surface area contributed by atoms with Gasteiger partial charge in [0.15, 0.2) is 0 Å². The Morgan fingerprint density at radius 1 is 1.00 bits per heavy atom. The summed E-state index contributed by atoms with van der Waals surface area (Å²) in [5.41, 5.74) is 1.29. The third kappa shape index (κ3) is 2.60. The number of aryl methyl sites for hydroxylation is 2. The van der Waals surface area contributed by atoms with Crippen molar-refractivity contribution in [2.45, 2.75) is 13.0 Å². The summed E-state index contributed by atoms with van der Waals surface area (Å²) in [6.45, 7) is 0.806. The molecule has 19 heavy (non-hydrogen) atoms. The molecule has 2 aromatic carbocycles. The summed E-state index contributed by atoms with van der Waals surface area (Å²) in [4.78, 5) is 2.90. The van der Waals surface area contributed by atoms with Crippen LogP contribution in [0.25, 0.3) is 10.8 Å².